The highest BCUT2D eigenvalue weighted by Gasteiger charge is 2.22. The van der Waals surface area contributed by atoms with Gasteiger partial charge in [0.25, 0.3) is 0 Å². The van der Waals surface area contributed by atoms with Crippen molar-refractivity contribution in [2.45, 2.75) is 45.8 Å². The number of piperidine rings is 1. The van der Waals surface area contributed by atoms with Gasteiger partial charge in [0.1, 0.15) is 0 Å². The number of nitrogens with two attached hydrogens (primary N) is 1. The van der Waals surface area contributed by atoms with Crippen molar-refractivity contribution in [3.63, 3.8) is 0 Å². The summed E-state index contributed by atoms with van der Waals surface area (Å²) in [5, 5.41) is 0. The van der Waals surface area contributed by atoms with Gasteiger partial charge in [-0.25, -0.2) is 0 Å². The average Bonchev–Trinajstić information content (AvgIpc) is 2.34. The summed E-state index contributed by atoms with van der Waals surface area (Å²) in [5.74, 6) is 0.809. The molecule has 1 fully saturated rings. The summed E-state index contributed by atoms with van der Waals surface area (Å²) >= 11 is 0. The van der Waals surface area contributed by atoms with Crippen LogP contribution in [0.1, 0.15) is 38.1 Å². The van der Waals surface area contributed by atoms with Gasteiger partial charge in [-0.05, 0) is 37.8 Å². The first-order chi connectivity index (χ1) is 8.19. The average molecular weight is 233 g/mol. The van der Waals surface area contributed by atoms with Gasteiger partial charge in [-0.15, -0.1) is 0 Å². The third-order valence-corrected chi connectivity index (χ3v) is 3.69. The van der Waals surface area contributed by atoms with Gasteiger partial charge in [-0.1, -0.05) is 13.0 Å². The molecule has 1 aromatic rings. The van der Waals surface area contributed by atoms with Crippen LogP contribution in [0.15, 0.2) is 18.2 Å². The molecule has 2 unspecified atom stereocenters. The Kier molecular flexibility index (Phi) is 4.13. The lowest BCUT2D eigenvalue weighted by molar-refractivity contribution is 0.116. The monoisotopic (exact) mass is 233 g/mol. The van der Waals surface area contributed by atoms with E-state index in [4.69, 9.17) is 5.73 Å². The Morgan fingerprint density at radius 1 is 1.29 bits per heavy atom. The van der Waals surface area contributed by atoms with E-state index in [2.05, 4.69) is 35.9 Å². The van der Waals surface area contributed by atoms with Crippen LogP contribution in [0, 0.1) is 5.92 Å². The van der Waals surface area contributed by atoms with Crippen LogP contribution in [0.5, 0.6) is 0 Å². The highest BCUT2D eigenvalue weighted by atomic mass is 15.2. The minimum absolute atomic E-state index is 0.528. The zero-order valence-electron chi connectivity index (χ0n) is 10.9. The molecule has 1 aromatic heterocycles. The zero-order valence-corrected chi connectivity index (χ0v) is 10.9. The zero-order chi connectivity index (χ0) is 12.3. The van der Waals surface area contributed by atoms with Gasteiger partial charge in [-0.3, -0.25) is 9.88 Å². The lowest BCUT2D eigenvalue weighted by Crippen LogP contribution is -2.40. The van der Waals surface area contributed by atoms with Crippen LogP contribution in [0.4, 0.5) is 0 Å². The molecule has 2 heterocycles. The van der Waals surface area contributed by atoms with Crippen LogP contribution in [0.3, 0.4) is 0 Å². The quantitative estimate of drug-likeness (QED) is 0.870. The summed E-state index contributed by atoms with van der Waals surface area (Å²) in [6.45, 7) is 7.33. The molecular formula is C14H23N3. The number of hydrogen-bond donors (Lipinski definition) is 1. The molecule has 0 aliphatic carbocycles. The molecule has 0 spiro atoms. The van der Waals surface area contributed by atoms with E-state index in [9.17, 15) is 0 Å². The van der Waals surface area contributed by atoms with Crippen molar-refractivity contribution >= 4 is 0 Å². The van der Waals surface area contributed by atoms with Gasteiger partial charge in [0, 0.05) is 25.7 Å². The number of hydrogen-bond acceptors (Lipinski definition) is 3. The Morgan fingerprint density at radius 2 is 2.06 bits per heavy atom. The highest BCUT2D eigenvalue weighted by molar-refractivity contribution is 5.11. The molecule has 1 aliphatic heterocycles. The van der Waals surface area contributed by atoms with Gasteiger partial charge >= 0.3 is 0 Å². The van der Waals surface area contributed by atoms with E-state index < -0.39 is 0 Å². The highest BCUT2D eigenvalue weighted by Crippen LogP contribution is 2.22. The number of aromatic nitrogens is 1. The standard InChI is InChI=1S/C14H23N3/c1-11-6-7-12(2)17(9-11)10-14-5-3-4-13(8-15)16-14/h3-5,11-12H,6-10,15H2,1-2H3. The van der Waals surface area contributed by atoms with E-state index in [1.165, 1.54) is 19.4 Å². The molecule has 2 N–H and O–H groups in total. The van der Waals surface area contributed by atoms with Crippen LogP contribution in [-0.2, 0) is 13.1 Å². The number of likely N-dealkylation sites (tertiary alicyclic amines) is 1. The van der Waals surface area contributed by atoms with Crippen molar-refractivity contribution in [2.75, 3.05) is 6.54 Å². The Hall–Kier alpha value is -0.930. The van der Waals surface area contributed by atoms with Gasteiger partial charge in [0.05, 0.1) is 11.4 Å². The Bertz CT molecular complexity index is 364. The van der Waals surface area contributed by atoms with E-state index in [-0.39, 0.29) is 0 Å². The van der Waals surface area contributed by atoms with Crippen molar-refractivity contribution in [1.29, 1.82) is 0 Å². The van der Waals surface area contributed by atoms with Crippen LogP contribution >= 0.6 is 0 Å². The lowest BCUT2D eigenvalue weighted by atomic mass is 9.95. The van der Waals surface area contributed by atoms with E-state index in [1.807, 2.05) is 6.07 Å². The molecule has 3 heteroatoms. The fourth-order valence-electron chi connectivity index (χ4n) is 2.54. The van der Waals surface area contributed by atoms with Crippen LogP contribution in [0.2, 0.25) is 0 Å². The fourth-order valence-corrected chi connectivity index (χ4v) is 2.54. The third kappa shape index (κ3) is 3.27. The second kappa shape index (κ2) is 5.61. The smallest absolute Gasteiger partial charge is 0.0547 e. The Balaban J connectivity index is 2.03. The van der Waals surface area contributed by atoms with Crippen LogP contribution in [-0.4, -0.2) is 22.5 Å². The van der Waals surface area contributed by atoms with Crippen molar-refractivity contribution in [2.24, 2.45) is 11.7 Å². The topological polar surface area (TPSA) is 42.1 Å². The van der Waals surface area contributed by atoms with Gasteiger partial charge < -0.3 is 5.73 Å². The van der Waals surface area contributed by atoms with Crippen molar-refractivity contribution in [3.05, 3.63) is 29.6 Å². The predicted molar refractivity (Wildman–Crippen MR) is 70.4 cm³/mol. The minimum Gasteiger partial charge on any atom is -0.325 e. The Labute approximate surface area is 104 Å². The van der Waals surface area contributed by atoms with E-state index >= 15 is 0 Å². The molecular weight excluding hydrogens is 210 g/mol. The molecule has 94 valence electrons. The Morgan fingerprint density at radius 3 is 2.82 bits per heavy atom. The number of rotatable bonds is 3. The molecule has 0 aromatic carbocycles. The molecule has 3 nitrogen and oxygen atoms in total. The molecule has 1 saturated heterocycles. The lowest BCUT2D eigenvalue weighted by Gasteiger charge is -2.36. The van der Waals surface area contributed by atoms with Crippen LogP contribution in [0.25, 0.3) is 0 Å². The third-order valence-electron chi connectivity index (χ3n) is 3.69. The molecule has 0 amide bonds. The first-order valence-electron chi connectivity index (χ1n) is 6.58. The summed E-state index contributed by atoms with van der Waals surface area (Å²) in [6.07, 6.45) is 2.66. The summed E-state index contributed by atoms with van der Waals surface area (Å²) in [5.41, 5.74) is 7.76. The van der Waals surface area contributed by atoms with Crippen molar-refractivity contribution in [3.8, 4) is 0 Å². The first-order valence-corrected chi connectivity index (χ1v) is 6.58. The molecule has 0 radical (unpaired) electrons. The summed E-state index contributed by atoms with van der Waals surface area (Å²) in [6, 6.07) is 6.83. The second-order valence-corrected chi connectivity index (χ2v) is 5.29. The minimum atomic E-state index is 0.528. The maximum atomic E-state index is 5.63. The summed E-state index contributed by atoms with van der Waals surface area (Å²) < 4.78 is 0. The molecule has 2 atom stereocenters. The van der Waals surface area contributed by atoms with E-state index in [0.717, 1.165) is 23.9 Å². The predicted octanol–water partition coefficient (Wildman–Crippen LogP) is 2.16. The molecule has 0 saturated carbocycles. The molecule has 2 rings (SSSR count). The molecule has 1 aliphatic rings. The van der Waals surface area contributed by atoms with Gasteiger partial charge in [0.2, 0.25) is 0 Å². The molecule has 0 bridgehead atoms. The van der Waals surface area contributed by atoms with Crippen LogP contribution < -0.4 is 5.73 Å². The fraction of sp³-hybridized carbons (Fsp3) is 0.643. The summed E-state index contributed by atoms with van der Waals surface area (Å²) in [4.78, 5) is 7.12. The first kappa shape index (κ1) is 12.5. The molecule has 17 heavy (non-hydrogen) atoms. The largest absolute Gasteiger partial charge is 0.325 e. The maximum absolute atomic E-state index is 5.63. The normalized spacial score (nSPS) is 26.1. The second-order valence-electron chi connectivity index (χ2n) is 5.29. The van der Waals surface area contributed by atoms with E-state index in [0.29, 0.717) is 12.6 Å². The van der Waals surface area contributed by atoms with Gasteiger partial charge in [-0.2, -0.15) is 0 Å². The number of nitrogens with zero attached hydrogens (tertiary/aromatic N) is 2. The number of pyridine rings is 1. The van der Waals surface area contributed by atoms with Gasteiger partial charge in [0.15, 0.2) is 0 Å². The maximum Gasteiger partial charge on any atom is 0.0547 e. The van der Waals surface area contributed by atoms with E-state index in [1.54, 1.807) is 0 Å². The SMILES string of the molecule is CC1CCC(C)N(Cc2cccc(CN)n2)C1. The summed E-state index contributed by atoms with van der Waals surface area (Å²) in [7, 11) is 0. The van der Waals surface area contributed by atoms with Crippen molar-refractivity contribution in [1.82, 2.24) is 9.88 Å². The van der Waals surface area contributed by atoms with Crippen molar-refractivity contribution < 1.29 is 0 Å².